The van der Waals surface area contributed by atoms with Crippen LogP contribution in [0.2, 0.25) is 0 Å². The zero-order valence-corrected chi connectivity index (χ0v) is 13.6. The molecule has 0 spiro atoms. The van der Waals surface area contributed by atoms with Gasteiger partial charge in [0.2, 0.25) is 0 Å². The highest BCUT2D eigenvalue weighted by Crippen LogP contribution is 2.48. The van der Waals surface area contributed by atoms with Gasteiger partial charge >= 0.3 is 0 Å². The second kappa shape index (κ2) is 6.20. The Labute approximate surface area is 142 Å². The van der Waals surface area contributed by atoms with Gasteiger partial charge in [0.05, 0.1) is 17.6 Å². The van der Waals surface area contributed by atoms with E-state index >= 15 is 0 Å². The topological polar surface area (TPSA) is 32.7 Å². The number of Topliss-reactive ketones (excluding diaryl/α,β-unsaturated/α-hetero) is 1. The number of hydrogen-bond acceptors (Lipinski definition) is 3. The van der Waals surface area contributed by atoms with Gasteiger partial charge in [-0.25, -0.2) is 4.99 Å². The van der Waals surface area contributed by atoms with E-state index in [9.17, 15) is 4.79 Å². The van der Waals surface area contributed by atoms with E-state index in [4.69, 9.17) is 0 Å². The van der Waals surface area contributed by atoms with Crippen molar-refractivity contribution in [3.8, 4) is 0 Å². The maximum atomic E-state index is 13.1. The van der Waals surface area contributed by atoms with E-state index in [0.717, 1.165) is 30.6 Å². The number of carbonyl (C=O) groups is 1. The molecule has 2 aliphatic heterocycles. The number of nitrogens with zero attached hydrogens (tertiary/aromatic N) is 2. The first-order valence-electron chi connectivity index (χ1n) is 8.47. The highest BCUT2D eigenvalue weighted by molar-refractivity contribution is 5.94. The molecule has 2 saturated heterocycles. The van der Waals surface area contributed by atoms with Crippen molar-refractivity contribution in [2.24, 2.45) is 4.99 Å². The molecule has 120 valence electrons. The number of fused-ring (bicyclic) bond motifs is 1. The summed E-state index contributed by atoms with van der Waals surface area (Å²) >= 11 is 0. The molecule has 3 heteroatoms. The van der Waals surface area contributed by atoms with Gasteiger partial charge < -0.3 is 0 Å². The Morgan fingerprint density at radius 3 is 2.50 bits per heavy atom. The van der Waals surface area contributed by atoms with Crippen molar-refractivity contribution in [2.45, 2.75) is 30.8 Å². The second-order valence-electron chi connectivity index (χ2n) is 6.49. The van der Waals surface area contributed by atoms with Crippen LogP contribution in [-0.2, 0) is 4.79 Å². The lowest BCUT2D eigenvalue weighted by atomic mass is 9.85. The fourth-order valence-corrected chi connectivity index (χ4v) is 4.21. The molecule has 2 aromatic rings. The van der Waals surface area contributed by atoms with Crippen LogP contribution >= 0.6 is 0 Å². The smallest absolute Gasteiger partial charge is 0.159 e. The van der Waals surface area contributed by atoms with Crippen molar-refractivity contribution >= 4 is 17.3 Å². The Bertz CT molecular complexity index is 790. The first-order chi connectivity index (χ1) is 11.8. The van der Waals surface area contributed by atoms with Gasteiger partial charge in [-0.3, -0.25) is 9.69 Å². The van der Waals surface area contributed by atoms with Gasteiger partial charge in [0.25, 0.3) is 0 Å². The molecule has 0 amide bonds. The minimum absolute atomic E-state index is 0.0751. The molecular formula is C21H20N2O. The first kappa shape index (κ1) is 15.1. The molecule has 0 N–H and O–H groups in total. The molecule has 2 heterocycles. The predicted octanol–water partition coefficient (Wildman–Crippen LogP) is 4.05. The fraction of sp³-hybridized carbons (Fsp3) is 0.286. The van der Waals surface area contributed by atoms with Crippen LogP contribution in [0.5, 0.6) is 0 Å². The molecular weight excluding hydrogens is 296 g/mol. The van der Waals surface area contributed by atoms with E-state index in [1.807, 2.05) is 30.3 Å². The van der Waals surface area contributed by atoms with Crippen LogP contribution in [0.15, 0.2) is 66.2 Å². The summed E-state index contributed by atoms with van der Waals surface area (Å²) in [6.45, 7) is 4.51. The Kier molecular flexibility index (Phi) is 3.89. The molecule has 0 radical (unpaired) electrons. The SMILES string of the molecule is C=C=Nc1ccc(C2C(c3ccccc3)C(=O)[C@@H]3CCCN23)cc1. The van der Waals surface area contributed by atoms with E-state index in [2.05, 4.69) is 46.6 Å². The van der Waals surface area contributed by atoms with Crippen LogP contribution < -0.4 is 0 Å². The Hall–Kier alpha value is -2.48. The molecule has 4 rings (SSSR count). The summed E-state index contributed by atoms with van der Waals surface area (Å²) in [6, 6.07) is 18.5. The van der Waals surface area contributed by atoms with Crippen molar-refractivity contribution in [3.05, 3.63) is 72.3 Å². The zero-order chi connectivity index (χ0) is 16.5. The van der Waals surface area contributed by atoms with E-state index in [1.54, 1.807) is 0 Å². The lowest BCUT2D eigenvalue weighted by Crippen LogP contribution is -2.28. The molecule has 0 saturated carbocycles. The maximum Gasteiger partial charge on any atom is 0.159 e. The molecule has 2 aromatic carbocycles. The largest absolute Gasteiger partial charge is 0.297 e. The fourth-order valence-electron chi connectivity index (χ4n) is 4.21. The quantitative estimate of drug-likeness (QED) is 0.800. The van der Waals surface area contributed by atoms with E-state index in [0.29, 0.717) is 5.78 Å². The summed E-state index contributed by atoms with van der Waals surface area (Å²) in [5, 5.41) is 0. The molecule has 2 unspecified atom stereocenters. The molecule has 24 heavy (non-hydrogen) atoms. The van der Waals surface area contributed by atoms with Crippen molar-refractivity contribution in [2.75, 3.05) is 6.54 Å². The molecule has 0 aromatic heterocycles. The standard InChI is InChI=1S/C21H20N2O/c1-2-22-17-12-10-16(11-13-17)20-19(15-7-4-3-5-8-15)21(24)18-9-6-14-23(18)20/h3-5,7-8,10-13,18-20H,1,6,9,14H2/t18-,19?,20?/m0/s1. The third-order valence-corrected chi connectivity index (χ3v) is 5.20. The lowest BCUT2D eigenvalue weighted by Gasteiger charge is -2.27. The number of rotatable bonds is 3. The van der Waals surface area contributed by atoms with E-state index < -0.39 is 0 Å². The molecule has 0 bridgehead atoms. The van der Waals surface area contributed by atoms with Gasteiger partial charge in [-0.05, 0) is 55.1 Å². The summed E-state index contributed by atoms with van der Waals surface area (Å²) in [7, 11) is 0. The van der Waals surface area contributed by atoms with E-state index in [-0.39, 0.29) is 18.0 Å². The van der Waals surface area contributed by atoms with Crippen LogP contribution in [0, 0.1) is 0 Å². The normalized spacial score (nSPS) is 26.2. The highest BCUT2D eigenvalue weighted by Gasteiger charge is 2.50. The third kappa shape index (κ3) is 2.43. The van der Waals surface area contributed by atoms with Gasteiger partial charge in [-0.1, -0.05) is 42.5 Å². The Morgan fingerprint density at radius 2 is 1.79 bits per heavy atom. The summed E-state index contributed by atoms with van der Waals surface area (Å²) in [6.07, 6.45) is 2.09. The number of ketones is 1. The lowest BCUT2D eigenvalue weighted by molar-refractivity contribution is -0.120. The Morgan fingerprint density at radius 1 is 1.04 bits per heavy atom. The molecule has 0 aliphatic carbocycles. The van der Waals surface area contributed by atoms with Gasteiger partial charge in [0, 0.05) is 6.04 Å². The first-order valence-corrected chi connectivity index (χ1v) is 8.47. The molecule has 3 nitrogen and oxygen atoms in total. The van der Waals surface area contributed by atoms with Crippen LogP contribution in [0.25, 0.3) is 0 Å². The number of benzene rings is 2. The van der Waals surface area contributed by atoms with E-state index in [1.165, 1.54) is 5.56 Å². The number of hydrogen-bond donors (Lipinski definition) is 0. The average molecular weight is 316 g/mol. The average Bonchev–Trinajstić information content (AvgIpc) is 3.19. The van der Waals surface area contributed by atoms with Crippen molar-refractivity contribution < 1.29 is 4.79 Å². The molecule has 2 aliphatic rings. The van der Waals surface area contributed by atoms with Crippen molar-refractivity contribution in [3.63, 3.8) is 0 Å². The number of aliphatic imine (C=N–C) groups is 1. The predicted molar refractivity (Wildman–Crippen MR) is 95.8 cm³/mol. The van der Waals surface area contributed by atoms with Gasteiger partial charge in [0.15, 0.2) is 5.78 Å². The summed E-state index contributed by atoms with van der Waals surface area (Å²) in [5.74, 6) is 2.86. The minimum atomic E-state index is -0.0785. The van der Waals surface area contributed by atoms with Crippen LogP contribution in [0.3, 0.4) is 0 Å². The zero-order valence-electron chi connectivity index (χ0n) is 13.6. The maximum absolute atomic E-state index is 13.1. The van der Waals surface area contributed by atoms with Gasteiger partial charge in [-0.2, -0.15) is 0 Å². The van der Waals surface area contributed by atoms with Crippen molar-refractivity contribution in [1.29, 1.82) is 0 Å². The van der Waals surface area contributed by atoms with Crippen molar-refractivity contribution in [1.82, 2.24) is 4.90 Å². The third-order valence-electron chi connectivity index (χ3n) is 5.20. The molecule has 3 atom stereocenters. The summed E-state index contributed by atoms with van der Waals surface area (Å²) in [4.78, 5) is 19.5. The minimum Gasteiger partial charge on any atom is -0.297 e. The Balaban J connectivity index is 1.77. The van der Waals surface area contributed by atoms with Gasteiger partial charge in [0.1, 0.15) is 0 Å². The van der Waals surface area contributed by atoms with Crippen LogP contribution in [0.4, 0.5) is 5.69 Å². The molecule has 2 fully saturated rings. The monoisotopic (exact) mass is 316 g/mol. The highest BCUT2D eigenvalue weighted by atomic mass is 16.1. The van der Waals surface area contributed by atoms with Gasteiger partial charge in [-0.15, -0.1) is 0 Å². The number of carbonyl (C=O) groups excluding carboxylic acids is 1. The summed E-state index contributed by atoms with van der Waals surface area (Å²) < 4.78 is 0. The van der Waals surface area contributed by atoms with Crippen LogP contribution in [-0.4, -0.2) is 29.1 Å². The summed E-state index contributed by atoms with van der Waals surface area (Å²) in [5.41, 5.74) is 3.15. The second-order valence-corrected chi connectivity index (χ2v) is 6.49. The van der Waals surface area contributed by atoms with Crippen LogP contribution in [0.1, 0.15) is 35.9 Å².